The second kappa shape index (κ2) is 6.74. The molecule has 136 valence electrons. The van der Waals surface area contributed by atoms with Crippen molar-refractivity contribution in [1.29, 1.82) is 0 Å². The Hall–Kier alpha value is -2.38. The molecule has 0 saturated heterocycles. The number of hydrogen-bond donors (Lipinski definition) is 3. The molecule has 0 fully saturated rings. The number of nitrogens with two attached hydrogens (primary N) is 1. The van der Waals surface area contributed by atoms with Crippen molar-refractivity contribution < 1.29 is 5.11 Å². The Morgan fingerprint density at radius 3 is 2.77 bits per heavy atom. The van der Waals surface area contributed by atoms with Gasteiger partial charge in [-0.15, -0.1) is 0 Å². The van der Waals surface area contributed by atoms with E-state index in [4.69, 9.17) is 10.8 Å². The number of nitrogens with zero attached hydrogens (tertiary/aromatic N) is 3. The van der Waals surface area contributed by atoms with Gasteiger partial charge in [-0.25, -0.2) is 0 Å². The van der Waals surface area contributed by atoms with Crippen molar-refractivity contribution in [1.82, 2.24) is 9.89 Å². The molecule has 0 unspecified atom stereocenters. The molecule has 2 aromatic carbocycles. The van der Waals surface area contributed by atoms with Crippen LogP contribution < -0.4 is 16.1 Å². The first-order valence-electron chi connectivity index (χ1n) is 8.94. The average molecular weight is 369 g/mol. The van der Waals surface area contributed by atoms with Crippen molar-refractivity contribution in [2.45, 2.75) is 23.6 Å². The largest absolute Gasteiger partial charge is 0.508 e. The number of hydrogen-bond acceptors (Lipinski definition) is 6. The summed E-state index contributed by atoms with van der Waals surface area (Å²) in [4.78, 5) is 4.27. The molecular formula is C19H23N5OS. The van der Waals surface area contributed by atoms with E-state index >= 15 is 0 Å². The van der Waals surface area contributed by atoms with E-state index in [1.165, 1.54) is 4.90 Å². The Morgan fingerprint density at radius 2 is 2.04 bits per heavy atom. The molecule has 1 aromatic heterocycles. The molecule has 0 atom stereocenters. The minimum atomic E-state index is 0.260. The first-order chi connectivity index (χ1) is 12.7. The molecule has 26 heavy (non-hydrogen) atoms. The number of phenols is 1. The Kier molecular flexibility index (Phi) is 4.42. The molecule has 3 aromatic rings. The van der Waals surface area contributed by atoms with Crippen LogP contribution in [0.5, 0.6) is 5.75 Å². The monoisotopic (exact) mass is 369 g/mol. The maximum Gasteiger partial charge on any atom is 0.116 e. The number of anilines is 1. The summed E-state index contributed by atoms with van der Waals surface area (Å²) < 4.78 is 0. The number of fused-ring (bicyclic) bond motifs is 2. The first-order valence-corrected chi connectivity index (χ1v) is 9.75. The Labute approximate surface area is 156 Å². The molecular weight excluding hydrogens is 346 g/mol. The summed E-state index contributed by atoms with van der Waals surface area (Å²) in [7, 11) is 0. The van der Waals surface area contributed by atoms with E-state index in [1.807, 2.05) is 10.9 Å². The summed E-state index contributed by atoms with van der Waals surface area (Å²) in [6.07, 6.45) is 0. The molecule has 0 amide bonds. The molecule has 6 nitrogen and oxygen atoms in total. The van der Waals surface area contributed by atoms with E-state index < -0.39 is 0 Å². The Morgan fingerprint density at radius 1 is 1.23 bits per heavy atom. The second-order valence-corrected chi connectivity index (χ2v) is 7.26. The number of rotatable bonds is 6. The standard InChI is InChI=1S/C19H23N5OS/c1-3-23(4-2)24-15-7-6-14(21-10-9-20)19-17(15)18(22-24)13-11-12(25)5-8-16(13)26-19/h5-8,11,21,25H,3-4,9-10,20H2,1-2H3. The lowest BCUT2D eigenvalue weighted by Crippen LogP contribution is -2.34. The van der Waals surface area contributed by atoms with Crippen LogP contribution in [0.25, 0.3) is 22.2 Å². The van der Waals surface area contributed by atoms with Crippen LogP contribution in [0.2, 0.25) is 0 Å². The van der Waals surface area contributed by atoms with Gasteiger partial charge in [0.05, 0.1) is 5.52 Å². The molecule has 4 rings (SSSR count). The zero-order valence-corrected chi connectivity index (χ0v) is 15.8. The van der Waals surface area contributed by atoms with Crippen molar-refractivity contribution in [3.63, 3.8) is 0 Å². The van der Waals surface area contributed by atoms with Crippen LogP contribution in [0.4, 0.5) is 5.69 Å². The van der Waals surface area contributed by atoms with Crippen molar-refractivity contribution in [3.8, 4) is 17.0 Å². The minimum absolute atomic E-state index is 0.260. The van der Waals surface area contributed by atoms with E-state index in [-0.39, 0.29) is 5.75 Å². The van der Waals surface area contributed by atoms with Crippen LogP contribution in [-0.2, 0) is 0 Å². The van der Waals surface area contributed by atoms with Gasteiger partial charge in [0.2, 0.25) is 0 Å². The fraction of sp³-hybridized carbons (Fsp3) is 0.316. The number of phenolic OH excluding ortho intramolecular Hbond substituents is 1. The lowest BCUT2D eigenvalue weighted by molar-refractivity contribution is 0.475. The summed E-state index contributed by atoms with van der Waals surface area (Å²) in [5.74, 6) is 0.260. The van der Waals surface area contributed by atoms with Gasteiger partial charge >= 0.3 is 0 Å². The molecule has 7 heteroatoms. The lowest BCUT2D eigenvalue weighted by Gasteiger charge is -2.22. The number of aromatic hydroxyl groups is 1. The third-order valence-corrected chi connectivity index (χ3v) is 5.87. The molecule has 0 aliphatic carbocycles. The number of benzene rings is 2. The lowest BCUT2D eigenvalue weighted by atomic mass is 10.1. The minimum Gasteiger partial charge on any atom is -0.508 e. The third kappa shape index (κ3) is 2.59. The topological polar surface area (TPSA) is 79.3 Å². The van der Waals surface area contributed by atoms with Crippen molar-refractivity contribution in [2.75, 3.05) is 36.5 Å². The maximum absolute atomic E-state index is 9.99. The highest BCUT2D eigenvalue weighted by molar-refractivity contribution is 8.00. The zero-order valence-electron chi connectivity index (χ0n) is 15.0. The highest BCUT2D eigenvalue weighted by atomic mass is 32.2. The van der Waals surface area contributed by atoms with Crippen molar-refractivity contribution >= 4 is 28.4 Å². The van der Waals surface area contributed by atoms with Crippen LogP contribution in [0.3, 0.4) is 0 Å². The smallest absolute Gasteiger partial charge is 0.116 e. The van der Waals surface area contributed by atoms with E-state index in [0.29, 0.717) is 6.54 Å². The Bertz CT molecular complexity index is 964. The summed E-state index contributed by atoms with van der Waals surface area (Å²) in [6, 6.07) is 9.71. The predicted octanol–water partition coefficient (Wildman–Crippen LogP) is 3.22. The van der Waals surface area contributed by atoms with Gasteiger partial charge in [0.15, 0.2) is 0 Å². The predicted molar refractivity (Wildman–Crippen MR) is 108 cm³/mol. The third-order valence-electron chi connectivity index (χ3n) is 4.67. The molecule has 2 heterocycles. The molecule has 0 spiro atoms. The molecule has 0 radical (unpaired) electrons. The van der Waals surface area contributed by atoms with Crippen LogP contribution in [-0.4, -0.2) is 41.2 Å². The number of nitrogens with one attached hydrogen (secondary N) is 1. The van der Waals surface area contributed by atoms with Gasteiger partial charge in [0.25, 0.3) is 0 Å². The van der Waals surface area contributed by atoms with E-state index in [9.17, 15) is 5.11 Å². The molecule has 0 bridgehead atoms. The average Bonchev–Trinajstić information content (AvgIpc) is 3.04. The first kappa shape index (κ1) is 17.1. The fourth-order valence-electron chi connectivity index (χ4n) is 3.42. The molecule has 0 saturated carbocycles. The molecule has 1 aliphatic rings. The SMILES string of the molecule is CCN(CC)n1nc2c3c(c(NCCN)ccc31)Sc1ccc(O)cc1-2. The van der Waals surface area contributed by atoms with Gasteiger partial charge in [-0.2, -0.15) is 9.89 Å². The van der Waals surface area contributed by atoms with E-state index in [0.717, 1.165) is 52.4 Å². The van der Waals surface area contributed by atoms with Crippen LogP contribution >= 0.6 is 11.8 Å². The summed E-state index contributed by atoms with van der Waals surface area (Å²) in [5, 5.41) is 21.7. The summed E-state index contributed by atoms with van der Waals surface area (Å²) in [5.41, 5.74) is 9.74. The number of aromatic nitrogens is 2. The van der Waals surface area contributed by atoms with Gasteiger partial charge in [-0.3, -0.25) is 5.01 Å². The van der Waals surface area contributed by atoms with E-state index in [1.54, 1.807) is 23.9 Å². The molecule has 1 aliphatic heterocycles. The van der Waals surface area contributed by atoms with E-state index in [2.05, 4.69) is 36.3 Å². The van der Waals surface area contributed by atoms with Crippen LogP contribution in [0.1, 0.15) is 13.8 Å². The van der Waals surface area contributed by atoms with Crippen molar-refractivity contribution in [3.05, 3.63) is 30.3 Å². The van der Waals surface area contributed by atoms with Gasteiger partial charge in [0.1, 0.15) is 11.4 Å². The normalized spacial score (nSPS) is 12.3. The second-order valence-electron chi connectivity index (χ2n) is 6.21. The summed E-state index contributed by atoms with van der Waals surface area (Å²) >= 11 is 1.71. The zero-order chi connectivity index (χ0) is 18.3. The van der Waals surface area contributed by atoms with Crippen LogP contribution in [0, 0.1) is 0 Å². The summed E-state index contributed by atoms with van der Waals surface area (Å²) in [6.45, 7) is 7.30. The van der Waals surface area contributed by atoms with Gasteiger partial charge < -0.3 is 16.2 Å². The fourth-order valence-corrected chi connectivity index (χ4v) is 4.59. The van der Waals surface area contributed by atoms with Gasteiger partial charge in [-0.1, -0.05) is 11.8 Å². The van der Waals surface area contributed by atoms with Crippen molar-refractivity contribution in [2.24, 2.45) is 5.73 Å². The van der Waals surface area contributed by atoms with Gasteiger partial charge in [0, 0.05) is 52.6 Å². The van der Waals surface area contributed by atoms with Crippen LogP contribution in [0.15, 0.2) is 40.1 Å². The molecule has 4 N–H and O–H groups in total. The maximum atomic E-state index is 9.99. The Balaban J connectivity index is 2.00. The van der Waals surface area contributed by atoms with Gasteiger partial charge in [-0.05, 0) is 44.2 Å². The quantitative estimate of drug-likeness (QED) is 0.484. The highest BCUT2D eigenvalue weighted by Crippen LogP contribution is 2.51. The highest BCUT2D eigenvalue weighted by Gasteiger charge is 2.27.